The van der Waals surface area contributed by atoms with E-state index >= 15 is 0 Å². The minimum atomic E-state index is -0.890. The van der Waals surface area contributed by atoms with E-state index in [-0.39, 0.29) is 23.7 Å². The van der Waals surface area contributed by atoms with Gasteiger partial charge in [0.05, 0.1) is 5.60 Å². The first-order chi connectivity index (χ1) is 12.6. The molecule has 0 aliphatic carbocycles. The lowest BCUT2D eigenvalue weighted by atomic mass is 9.84. The highest BCUT2D eigenvalue weighted by atomic mass is 16.3. The maximum absolute atomic E-state index is 13.0. The second kappa shape index (κ2) is 8.87. The van der Waals surface area contributed by atoms with Gasteiger partial charge >= 0.3 is 0 Å². The maximum atomic E-state index is 13.0. The van der Waals surface area contributed by atoms with E-state index in [0.717, 1.165) is 11.1 Å². The molecule has 0 spiro atoms. The van der Waals surface area contributed by atoms with Crippen molar-refractivity contribution in [3.05, 3.63) is 35.4 Å². The van der Waals surface area contributed by atoms with Crippen molar-refractivity contribution < 1.29 is 14.7 Å². The van der Waals surface area contributed by atoms with Gasteiger partial charge in [0, 0.05) is 19.5 Å². The van der Waals surface area contributed by atoms with Crippen LogP contribution in [0.4, 0.5) is 0 Å². The highest BCUT2D eigenvalue weighted by Gasteiger charge is 2.37. The second-order valence-corrected chi connectivity index (χ2v) is 8.61. The number of aliphatic hydroxyl groups is 1. The Hall–Kier alpha value is -1.88. The molecule has 0 aromatic heterocycles. The number of rotatable bonds is 6. The number of hydrogen-bond donors (Lipinski definition) is 2. The lowest BCUT2D eigenvalue weighted by molar-refractivity contribution is -0.141. The quantitative estimate of drug-likeness (QED) is 0.804. The summed E-state index contributed by atoms with van der Waals surface area (Å²) in [6, 6.07) is 7.43. The number of hydrogen-bond acceptors (Lipinski definition) is 3. The SMILES string of the molecule is Cc1ccc(C2(O)CCN(C(=O)[C@H](NC(=O)CC(C)C)C(C)C)CC2)cc1. The fraction of sp³-hybridized carbons (Fsp3) is 0.636. The number of carbonyl (C=O) groups excluding carboxylic acids is 2. The Morgan fingerprint density at radius 2 is 1.67 bits per heavy atom. The van der Waals surface area contributed by atoms with Gasteiger partial charge in [-0.3, -0.25) is 9.59 Å². The Balaban J connectivity index is 2.01. The van der Waals surface area contributed by atoms with Crippen LogP contribution in [0.2, 0.25) is 0 Å². The van der Waals surface area contributed by atoms with Crippen LogP contribution in [0.25, 0.3) is 0 Å². The van der Waals surface area contributed by atoms with E-state index in [1.165, 1.54) is 0 Å². The first-order valence-corrected chi connectivity index (χ1v) is 10.00. The molecule has 1 aliphatic rings. The van der Waals surface area contributed by atoms with Gasteiger partial charge in [-0.2, -0.15) is 0 Å². The number of nitrogens with one attached hydrogen (secondary N) is 1. The zero-order chi connectivity index (χ0) is 20.2. The Bertz CT molecular complexity index is 644. The van der Waals surface area contributed by atoms with E-state index in [0.29, 0.717) is 32.4 Å². The Morgan fingerprint density at radius 1 is 1.11 bits per heavy atom. The van der Waals surface area contributed by atoms with Crippen LogP contribution in [0.3, 0.4) is 0 Å². The van der Waals surface area contributed by atoms with Crippen LogP contribution in [0.15, 0.2) is 24.3 Å². The standard InChI is InChI=1S/C22H34N2O3/c1-15(2)14-19(25)23-20(16(3)4)21(26)24-12-10-22(27,11-13-24)18-8-6-17(5)7-9-18/h6-9,15-16,20,27H,10-14H2,1-5H3,(H,23,25)/t20-/m1/s1. The first kappa shape index (κ1) is 21.4. The monoisotopic (exact) mass is 374 g/mol. The van der Waals surface area contributed by atoms with Gasteiger partial charge in [0.15, 0.2) is 0 Å². The fourth-order valence-corrected chi connectivity index (χ4v) is 3.56. The van der Waals surface area contributed by atoms with E-state index in [2.05, 4.69) is 5.32 Å². The molecule has 1 fully saturated rings. The van der Waals surface area contributed by atoms with Crippen molar-refractivity contribution in [2.45, 2.75) is 65.5 Å². The molecule has 5 heteroatoms. The lowest BCUT2D eigenvalue weighted by Gasteiger charge is -2.40. The van der Waals surface area contributed by atoms with Gasteiger partial charge in [-0.1, -0.05) is 57.5 Å². The summed E-state index contributed by atoms with van der Waals surface area (Å²) in [7, 11) is 0. The number of carbonyl (C=O) groups is 2. The molecule has 27 heavy (non-hydrogen) atoms. The van der Waals surface area contributed by atoms with Crippen molar-refractivity contribution in [2.24, 2.45) is 11.8 Å². The molecular weight excluding hydrogens is 340 g/mol. The number of aryl methyl sites for hydroxylation is 1. The smallest absolute Gasteiger partial charge is 0.245 e. The summed E-state index contributed by atoms with van der Waals surface area (Å²) >= 11 is 0. The van der Waals surface area contributed by atoms with Crippen molar-refractivity contribution in [2.75, 3.05) is 13.1 Å². The fourth-order valence-electron chi connectivity index (χ4n) is 3.56. The molecule has 1 aliphatic heterocycles. The summed E-state index contributed by atoms with van der Waals surface area (Å²) in [6.45, 7) is 10.9. The van der Waals surface area contributed by atoms with Gasteiger partial charge in [-0.15, -0.1) is 0 Å². The zero-order valence-corrected chi connectivity index (χ0v) is 17.3. The highest BCUT2D eigenvalue weighted by Crippen LogP contribution is 2.33. The minimum absolute atomic E-state index is 0.0199. The molecule has 0 unspecified atom stereocenters. The summed E-state index contributed by atoms with van der Waals surface area (Å²) in [5.74, 6) is 0.150. The van der Waals surface area contributed by atoms with Gasteiger partial charge in [-0.25, -0.2) is 0 Å². The largest absolute Gasteiger partial charge is 0.385 e. The van der Waals surface area contributed by atoms with Crippen LogP contribution in [0.5, 0.6) is 0 Å². The van der Waals surface area contributed by atoms with Crippen molar-refractivity contribution in [1.29, 1.82) is 0 Å². The highest BCUT2D eigenvalue weighted by molar-refractivity contribution is 5.88. The molecule has 150 valence electrons. The molecular formula is C22H34N2O3. The molecule has 0 radical (unpaired) electrons. The van der Waals surface area contributed by atoms with Crippen molar-refractivity contribution in [1.82, 2.24) is 10.2 Å². The Morgan fingerprint density at radius 3 is 2.15 bits per heavy atom. The van der Waals surface area contributed by atoms with Crippen LogP contribution in [0, 0.1) is 18.8 Å². The predicted molar refractivity (Wildman–Crippen MR) is 107 cm³/mol. The molecule has 1 aromatic rings. The van der Waals surface area contributed by atoms with E-state index in [1.54, 1.807) is 4.90 Å². The minimum Gasteiger partial charge on any atom is -0.385 e. The van der Waals surface area contributed by atoms with Gasteiger partial charge in [-0.05, 0) is 37.2 Å². The van der Waals surface area contributed by atoms with Crippen LogP contribution in [-0.2, 0) is 15.2 Å². The molecule has 1 saturated heterocycles. The van der Waals surface area contributed by atoms with E-state index in [4.69, 9.17) is 0 Å². The normalized spacial score (nSPS) is 17.9. The molecule has 5 nitrogen and oxygen atoms in total. The summed E-state index contributed by atoms with van der Waals surface area (Å²) in [4.78, 5) is 26.9. The van der Waals surface area contributed by atoms with Gasteiger partial charge in [0.1, 0.15) is 6.04 Å². The molecule has 2 rings (SSSR count). The molecule has 1 heterocycles. The van der Waals surface area contributed by atoms with Crippen molar-refractivity contribution in [3.63, 3.8) is 0 Å². The van der Waals surface area contributed by atoms with Crippen LogP contribution < -0.4 is 5.32 Å². The summed E-state index contributed by atoms with van der Waals surface area (Å²) in [5.41, 5.74) is 1.18. The second-order valence-electron chi connectivity index (χ2n) is 8.61. The third kappa shape index (κ3) is 5.55. The number of nitrogens with zero attached hydrogens (tertiary/aromatic N) is 1. The van der Waals surface area contributed by atoms with Gasteiger partial charge in [0.2, 0.25) is 11.8 Å². The topological polar surface area (TPSA) is 69.6 Å². The third-order valence-corrected chi connectivity index (χ3v) is 5.33. The van der Waals surface area contributed by atoms with Gasteiger partial charge < -0.3 is 15.3 Å². The van der Waals surface area contributed by atoms with Crippen molar-refractivity contribution >= 4 is 11.8 Å². The first-order valence-electron chi connectivity index (χ1n) is 10.00. The van der Waals surface area contributed by atoms with Crippen molar-refractivity contribution in [3.8, 4) is 0 Å². The molecule has 0 saturated carbocycles. The van der Waals surface area contributed by atoms with Crippen LogP contribution >= 0.6 is 0 Å². The average molecular weight is 375 g/mol. The van der Waals surface area contributed by atoms with Gasteiger partial charge in [0.25, 0.3) is 0 Å². The van der Waals surface area contributed by atoms with E-state index < -0.39 is 11.6 Å². The number of amides is 2. The zero-order valence-electron chi connectivity index (χ0n) is 17.3. The molecule has 1 atom stereocenters. The Kier molecular flexibility index (Phi) is 7.04. The number of piperidine rings is 1. The molecule has 2 amide bonds. The molecule has 2 N–H and O–H groups in total. The van der Waals surface area contributed by atoms with E-state index in [9.17, 15) is 14.7 Å². The molecule has 0 bridgehead atoms. The number of likely N-dealkylation sites (tertiary alicyclic amines) is 1. The third-order valence-electron chi connectivity index (χ3n) is 5.33. The maximum Gasteiger partial charge on any atom is 0.245 e. The van der Waals surface area contributed by atoms with Crippen LogP contribution in [-0.4, -0.2) is 41.0 Å². The summed E-state index contributed by atoms with van der Waals surface area (Å²) < 4.78 is 0. The average Bonchev–Trinajstić information content (AvgIpc) is 2.59. The molecule has 1 aromatic carbocycles. The lowest BCUT2D eigenvalue weighted by Crippen LogP contribution is -2.54. The van der Waals surface area contributed by atoms with Crippen LogP contribution in [0.1, 0.15) is 58.1 Å². The Labute approximate surface area is 163 Å². The predicted octanol–water partition coefficient (Wildman–Crippen LogP) is 2.99. The van der Waals surface area contributed by atoms with E-state index in [1.807, 2.05) is 58.9 Å². The number of benzene rings is 1. The summed E-state index contributed by atoms with van der Waals surface area (Å²) in [5, 5.41) is 13.9. The summed E-state index contributed by atoms with van der Waals surface area (Å²) in [6.07, 6.45) is 1.43.